The van der Waals surface area contributed by atoms with E-state index in [9.17, 15) is 9.59 Å². The number of nitrogens with one attached hydrogen (secondary N) is 1. The third-order valence-electron chi connectivity index (χ3n) is 2.54. The van der Waals surface area contributed by atoms with E-state index in [1.807, 2.05) is 18.2 Å². The smallest absolute Gasteiger partial charge is 0.326 e. The number of carboxylic acid groups (broad SMARTS) is 1. The average molecular weight is 260 g/mol. The highest BCUT2D eigenvalue weighted by Crippen LogP contribution is 2.05. The molecule has 1 heterocycles. The van der Waals surface area contributed by atoms with Crippen LogP contribution >= 0.6 is 0 Å². The lowest BCUT2D eigenvalue weighted by molar-refractivity contribution is -0.139. The van der Waals surface area contributed by atoms with Gasteiger partial charge in [-0.15, -0.1) is 0 Å². The SMILES string of the molecule is O=C(N[C@H](Cc1ccccc1)C(=O)O)c1cnco1. The van der Waals surface area contributed by atoms with Crippen LogP contribution in [0.15, 0.2) is 47.3 Å². The van der Waals surface area contributed by atoms with Gasteiger partial charge >= 0.3 is 5.97 Å². The molecule has 1 atom stereocenters. The minimum Gasteiger partial charge on any atom is -0.480 e. The first-order valence-electron chi connectivity index (χ1n) is 5.63. The maximum Gasteiger partial charge on any atom is 0.326 e. The summed E-state index contributed by atoms with van der Waals surface area (Å²) < 4.78 is 4.81. The Morgan fingerprint density at radius 3 is 2.63 bits per heavy atom. The lowest BCUT2D eigenvalue weighted by Gasteiger charge is -2.13. The van der Waals surface area contributed by atoms with Crippen LogP contribution in [0.25, 0.3) is 0 Å². The summed E-state index contributed by atoms with van der Waals surface area (Å²) in [5, 5.41) is 11.5. The van der Waals surface area contributed by atoms with Crippen molar-refractivity contribution in [1.29, 1.82) is 0 Å². The van der Waals surface area contributed by atoms with Crippen LogP contribution in [0.2, 0.25) is 0 Å². The molecule has 1 aromatic heterocycles. The number of oxazole rings is 1. The van der Waals surface area contributed by atoms with Crippen LogP contribution in [0.4, 0.5) is 0 Å². The van der Waals surface area contributed by atoms with Crippen LogP contribution < -0.4 is 5.32 Å². The van der Waals surface area contributed by atoms with Crippen molar-refractivity contribution in [2.75, 3.05) is 0 Å². The zero-order chi connectivity index (χ0) is 13.7. The normalized spacial score (nSPS) is 11.8. The Kier molecular flexibility index (Phi) is 3.92. The standard InChI is InChI=1S/C13H12N2O4/c16-12(11-7-14-8-19-11)15-10(13(17)18)6-9-4-2-1-3-5-9/h1-5,7-8,10H,6H2,(H,15,16)(H,17,18)/t10-/m1/s1. The zero-order valence-electron chi connectivity index (χ0n) is 9.95. The highest BCUT2D eigenvalue weighted by Gasteiger charge is 2.22. The molecule has 0 fully saturated rings. The van der Waals surface area contributed by atoms with E-state index in [0.717, 1.165) is 12.0 Å². The van der Waals surface area contributed by atoms with E-state index in [0.29, 0.717) is 0 Å². The largest absolute Gasteiger partial charge is 0.480 e. The van der Waals surface area contributed by atoms with Crippen LogP contribution in [0, 0.1) is 0 Å². The van der Waals surface area contributed by atoms with Gasteiger partial charge < -0.3 is 14.8 Å². The molecule has 0 aliphatic heterocycles. The Hall–Kier alpha value is -2.63. The molecule has 0 unspecified atom stereocenters. The molecule has 0 aliphatic carbocycles. The highest BCUT2D eigenvalue weighted by molar-refractivity contribution is 5.94. The van der Waals surface area contributed by atoms with Crippen molar-refractivity contribution >= 4 is 11.9 Å². The summed E-state index contributed by atoms with van der Waals surface area (Å²) in [6, 6.07) is 8.05. The van der Waals surface area contributed by atoms with Crippen LogP contribution in [0.5, 0.6) is 0 Å². The maximum atomic E-state index is 11.7. The van der Waals surface area contributed by atoms with Gasteiger partial charge in [0.05, 0.1) is 6.20 Å². The Morgan fingerprint density at radius 2 is 2.05 bits per heavy atom. The quantitative estimate of drug-likeness (QED) is 0.839. The molecule has 0 spiro atoms. The van der Waals surface area contributed by atoms with Gasteiger partial charge in [-0.3, -0.25) is 4.79 Å². The first-order chi connectivity index (χ1) is 9.16. The maximum absolute atomic E-state index is 11.7. The summed E-state index contributed by atoms with van der Waals surface area (Å²) in [7, 11) is 0. The molecule has 0 saturated carbocycles. The van der Waals surface area contributed by atoms with Gasteiger partial charge in [-0.2, -0.15) is 0 Å². The van der Waals surface area contributed by atoms with Crippen LogP contribution in [0.3, 0.4) is 0 Å². The van der Waals surface area contributed by atoms with Crippen molar-refractivity contribution in [1.82, 2.24) is 10.3 Å². The fourth-order valence-corrected chi connectivity index (χ4v) is 1.61. The van der Waals surface area contributed by atoms with Crippen LogP contribution in [0.1, 0.15) is 16.1 Å². The Morgan fingerprint density at radius 1 is 1.32 bits per heavy atom. The molecule has 98 valence electrons. The summed E-state index contributed by atoms with van der Waals surface area (Å²) >= 11 is 0. The summed E-state index contributed by atoms with van der Waals surface area (Å²) in [6.07, 6.45) is 2.55. The number of nitrogens with zero attached hydrogens (tertiary/aromatic N) is 1. The molecule has 1 amide bonds. The molecular formula is C13H12N2O4. The van der Waals surface area contributed by atoms with Gasteiger partial charge in [0.15, 0.2) is 6.39 Å². The van der Waals surface area contributed by atoms with E-state index in [4.69, 9.17) is 9.52 Å². The third kappa shape index (κ3) is 3.41. The monoisotopic (exact) mass is 260 g/mol. The van der Waals surface area contributed by atoms with Crippen molar-refractivity contribution in [3.05, 3.63) is 54.2 Å². The number of rotatable bonds is 5. The van der Waals surface area contributed by atoms with Crippen LogP contribution in [-0.2, 0) is 11.2 Å². The second-order valence-corrected chi connectivity index (χ2v) is 3.92. The molecule has 0 bridgehead atoms. The fraction of sp³-hybridized carbons (Fsp3) is 0.154. The van der Waals surface area contributed by atoms with E-state index >= 15 is 0 Å². The fourth-order valence-electron chi connectivity index (χ4n) is 1.61. The summed E-state index contributed by atoms with van der Waals surface area (Å²) in [4.78, 5) is 26.5. The molecule has 2 rings (SSSR count). The molecule has 1 aromatic carbocycles. The van der Waals surface area contributed by atoms with Gasteiger partial charge in [0.25, 0.3) is 5.91 Å². The lowest BCUT2D eigenvalue weighted by Crippen LogP contribution is -2.42. The van der Waals surface area contributed by atoms with Crippen LogP contribution in [-0.4, -0.2) is 28.0 Å². The topological polar surface area (TPSA) is 92.4 Å². The van der Waals surface area contributed by atoms with Crippen molar-refractivity contribution in [2.24, 2.45) is 0 Å². The van der Waals surface area contributed by atoms with E-state index in [2.05, 4.69) is 10.3 Å². The van der Waals surface area contributed by atoms with Crippen molar-refractivity contribution in [3.63, 3.8) is 0 Å². The molecule has 6 heteroatoms. The average Bonchev–Trinajstić information content (AvgIpc) is 2.93. The second-order valence-electron chi connectivity index (χ2n) is 3.92. The van der Waals surface area contributed by atoms with Gasteiger partial charge in [-0.1, -0.05) is 30.3 Å². The number of carboxylic acids is 1. The molecule has 0 saturated heterocycles. The highest BCUT2D eigenvalue weighted by atomic mass is 16.4. The van der Waals surface area contributed by atoms with Crippen molar-refractivity contribution in [3.8, 4) is 0 Å². The number of amides is 1. The number of benzene rings is 1. The lowest BCUT2D eigenvalue weighted by atomic mass is 10.1. The van der Waals surface area contributed by atoms with Gasteiger partial charge in [0.1, 0.15) is 6.04 Å². The van der Waals surface area contributed by atoms with Gasteiger partial charge in [-0.05, 0) is 5.56 Å². The minimum absolute atomic E-state index is 0.0145. The third-order valence-corrected chi connectivity index (χ3v) is 2.54. The second kappa shape index (κ2) is 5.81. The summed E-state index contributed by atoms with van der Waals surface area (Å²) in [5.41, 5.74) is 0.827. The zero-order valence-corrected chi connectivity index (χ0v) is 9.95. The van der Waals surface area contributed by atoms with Gasteiger partial charge in [0.2, 0.25) is 5.76 Å². The Balaban J connectivity index is 2.05. The molecule has 0 radical (unpaired) electrons. The predicted octanol–water partition coefficient (Wildman–Crippen LogP) is 1.10. The van der Waals surface area contributed by atoms with Crippen molar-refractivity contribution < 1.29 is 19.1 Å². The summed E-state index contributed by atoms with van der Waals surface area (Å²) in [5.74, 6) is -1.71. The predicted molar refractivity (Wildman–Crippen MR) is 65.5 cm³/mol. The number of hydrogen-bond acceptors (Lipinski definition) is 4. The summed E-state index contributed by atoms with van der Waals surface area (Å²) in [6.45, 7) is 0. The van der Waals surface area contributed by atoms with Gasteiger partial charge in [0, 0.05) is 6.42 Å². The number of hydrogen-bond donors (Lipinski definition) is 2. The first-order valence-corrected chi connectivity index (χ1v) is 5.63. The number of aliphatic carboxylic acids is 1. The van der Waals surface area contributed by atoms with E-state index in [-0.39, 0.29) is 12.2 Å². The van der Waals surface area contributed by atoms with E-state index < -0.39 is 17.9 Å². The molecule has 0 aliphatic rings. The van der Waals surface area contributed by atoms with E-state index in [1.165, 1.54) is 6.20 Å². The Labute approximate surface area is 109 Å². The minimum atomic E-state index is -1.10. The first kappa shape index (κ1) is 12.8. The molecule has 6 nitrogen and oxygen atoms in total. The van der Waals surface area contributed by atoms with E-state index in [1.54, 1.807) is 12.1 Å². The number of carbonyl (C=O) groups is 2. The molecule has 2 aromatic rings. The number of carbonyl (C=O) groups excluding carboxylic acids is 1. The molecule has 2 N–H and O–H groups in total. The molecule has 19 heavy (non-hydrogen) atoms. The van der Waals surface area contributed by atoms with Gasteiger partial charge in [-0.25, -0.2) is 9.78 Å². The van der Waals surface area contributed by atoms with Crippen molar-refractivity contribution in [2.45, 2.75) is 12.5 Å². The molecular weight excluding hydrogens is 248 g/mol. The Bertz CT molecular complexity index is 551. The number of aromatic nitrogens is 1.